The summed E-state index contributed by atoms with van der Waals surface area (Å²) in [4.78, 5) is 38.3. The van der Waals surface area contributed by atoms with Crippen LogP contribution in [-0.4, -0.2) is 63.3 Å². The average molecular weight is 358 g/mol. The fourth-order valence-corrected chi connectivity index (χ4v) is 2.94. The number of carbonyl (C=O) groups excluding carboxylic acids is 1. The van der Waals surface area contributed by atoms with Crippen molar-refractivity contribution in [3.05, 3.63) is 32.6 Å². The molecule has 1 aromatic heterocycles. The zero-order chi connectivity index (χ0) is 18.7. The van der Waals surface area contributed by atoms with Crippen LogP contribution in [0.4, 0.5) is 4.79 Å². The van der Waals surface area contributed by atoms with Crippen LogP contribution in [0.25, 0.3) is 0 Å². The molecule has 2 saturated heterocycles. The Hall–Kier alpha value is -2.21. The van der Waals surface area contributed by atoms with Crippen molar-refractivity contribution < 1.29 is 24.5 Å². The summed E-state index contributed by atoms with van der Waals surface area (Å²) in [5.41, 5.74) is 3.67. The number of aromatic nitrogens is 2. The molecule has 3 heterocycles. The first kappa shape index (κ1) is 19.1. The largest absolute Gasteiger partial charge is 0.388 e. The molecule has 2 aliphatic heterocycles. The smallest absolute Gasteiger partial charge is 0.325 e. The van der Waals surface area contributed by atoms with E-state index in [-0.39, 0.29) is 12.2 Å². The number of ether oxygens (including phenoxy) is 2. The van der Waals surface area contributed by atoms with E-state index in [2.05, 4.69) is 10.3 Å². The van der Waals surface area contributed by atoms with Crippen LogP contribution in [-0.2, 0) is 9.47 Å². The summed E-state index contributed by atoms with van der Waals surface area (Å²) in [6, 6.07) is -1.76. The Kier molecular flexibility index (Phi) is 5.95. The number of fused-ring (bicyclic) bond motifs is 1. The fourth-order valence-electron chi connectivity index (χ4n) is 2.94. The third-order valence-electron chi connectivity index (χ3n) is 3.97. The summed E-state index contributed by atoms with van der Waals surface area (Å²) in [5.74, 6) is 0. The summed E-state index contributed by atoms with van der Waals surface area (Å²) < 4.78 is 11.0. The Morgan fingerprint density at radius 1 is 1.32 bits per heavy atom. The number of nitrogens with one attached hydrogen (secondary N) is 3. The van der Waals surface area contributed by atoms with Gasteiger partial charge in [-0.05, 0) is 0 Å². The number of carbonyl (C=O) groups is 1. The number of hydrogen-bond donors (Lipinski definition) is 6. The van der Waals surface area contributed by atoms with Crippen LogP contribution in [0.5, 0.6) is 0 Å². The topological polar surface area (TPSA) is 180 Å². The molecule has 11 nitrogen and oxygen atoms in total. The van der Waals surface area contributed by atoms with Crippen LogP contribution in [0.15, 0.2) is 15.8 Å². The number of aromatic amines is 2. The van der Waals surface area contributed by atoms with Crippen molar-refractivity contribution in [3.8, 4) is 0 Å². The number of rotatable bonds is 2. The lowest BCUT2D eigenvalue weighted by Crippen LogP contribution is -2.61. The van der Waals surface area contributed by atoms with Gasteiger partial charge in [0, 0.05) is 6.20 Å². The van der Waals surface area contributed by atoms with Crippen molar-refractivity contribution in [2.75, 3.05) is 6.61 Å². The Labute approximate surface area is 142 Å². The van der Waals surface area contributed by atoms with Gasteiger partial charge >= 0.3 is 11.7 Å². The van der Waals surface area contributed by atoms with Crippen LogP contribution in [0.1, 0.15) is 25.5 Å². The van der Waals surface area contributed by atoms with E-state index in [0.29, 0.717) is 0 Å². The van der Waals surface area contributed by atoms with Crippen LogP contribution in [0.3, 0.4) is 0 Å². The Morgan fingerprint density at radius 2 is 2.00 bits per heavy atom. The summed E-state index contributed by atoms with van der Waals surface area (Å²) >= 11 is 0. The molecule has 0 radical (unpaired) electrons. The van der Waals surface area contributed by atoms with E-state index < -0.39 is 53.8 Å². The summed E-state index contributed by atoms with van der Waals surface area (Å²) in [5, 5.41) is 22.6. The minimum atomic E-state index is -1.23. The Morgan fingerprint density at radius 3 is 2.60 bits per heavy atom. The van der Waals surface area contributed by atoms with E-state index in [1.807, 2.05) is 18.8 Å². The number of aliphatic hydroxyl groups excluding tert-OH is 2. The van der Waals surface area contributed by atoms with Gasteiger partial charge in [-0.3, -0.25) is 9.78 Å². The van der Waals surface area contributed by atoms with Gasteiger partial charge in [-0.25, -0.2) is 9.59 Å². The summed E-state index contributed by atoms with van der Waals surface area (Å²) in [6.45, 7) is 3.86. The Balaban J connectivity index is 0.00000109. The molecule has 2 fully saturated rings. The molecule has 2 aliphatic rings. The van der Waals surface area contributed by atoms with Crippen molar-refractivity contribution in [1.82, 2.24) is 15.3 Å². The number of amides is 2. The van der Waals surface area contributed by atoms with E-state index in [1.54, 1.807) is 0 Å². The molecular weight excluding hydrogens is 336 g/mol. The number of aliphatic hydroxyl groups is 2. The zero-order valence-electron chi connectivity index (χ0n) is 13.8. The van der Waals surface area contributed by atoms with Crippen LogP contribution < -0.4 is 22.3 Å². The minimum Gasteiger partial charge on any atom is -0.388 e. The van der Waals surface area contributed by atoms with Crippen LogP contribution in [0, 0.1) is 0 Å². The highest BCUT2D eigenvalue weighted by molar-refractivity contribution is 5.72. The van der Waals surface area contributed by atoms with Gasteiger partial charge in [-0.1, -0.05) is 13.8 Å². The lowest BCUT2D eigenvalue weighted by molar-refractivity contribution is -0.134. The molecule has 0 aliphatic carbocycles. The highest BCUT2D eigenvalue weighted by Crippen LogP contribution is 2.37. The molecule has 140 valence electrons. The average Bonchev–Trinajstić information content (AvgIpc) is 2.89. The molecule has 6 atom stereocenters. The standard InChI is InChI=1S/C12H16N4O7.C2H6/c13-11(20)15-5-4(17)2-22-9-6(18)7(23-8(5)9)3-1-14-12(21)16-10(3)19;1-2/h1,4-9,17-18H,2H2,(H3,13,15,20)(H2,14,16,19,21);1-2H3/t4-,5-,6+,7+,8-,9+;/m1./s1. The van der Waals surface area contributed by atoms with E-state index in [4.69, 9.17) is 15.2 Å². The van der Waals surface area contributed by atoms with Gasteiger partial charge in [-0.2, -0.15) is 0 Å². The predicted molar refractivity (Wildman–Crippen MR) is 84.9 cm³/mol. The lowest BCUT2D eigenvalue weighted by atomic mass is 9.94. The normalized spacial score (nSPS) is 33.8. The van der Waals surface area contributed by atoms with Crippen molar-refractivity contribution in [1.29, 1.82) is 0 Å². The molecule has 0 unspecified atom stereocenters. The minimum absolute atomic E-state index is 0.00224. The first-order valence-corrected chi connectivity index (χ1v) is 7.89. The van der Waals surface area contributed by atoms with Crippen LogP contribution >= 0.6 is 0 Å². The van der Waals surface area contributed by atoms with Gasteiger partial charge < -0.3 is 35.7 Å². The second-order valence-electron chi connectivity index (χ2n) is 5.44. The van der Waals surface area contributed by atoms with Gasteiger partial charge in [0.15, 0.2) is 0 Å². The molecule has 0 aromatic carbocycles. The molecule has 7 N–H and O–H groups in total. The number of urea groups is 1. The molecule has 1 aromatic rings. The third-order valence-corrected chi connectivity index (χ3v) is 3.97. The van der Waals surface area contributed by atoms with E-state index >= 15 is 0 Å². The number of primary amides is 1. The van der Waals surface area contributed by atoms with Gasteiger partial charge in [0.25, 0.3) is 5.56 Å². The van der Waals surface area contributed by atoms with Gasteiger partial charge in [0.1, 0.15) is 30.5 Å². The van der Waals surface area contributed by atoms with E-state index in [9.17, 15) is 24.6 Å². The molecule has 3 rings (SSSR count). The molecule has 0 bridgehead atoms. The monoisotopic (exact) mass is 358 g/mol. The maximum absolute atomic E-state index is 11.9. The number of nitrogens with two attached hydrogens (primary N) is 1. The summed E-state index contributed by atoms with van der Waals surface area (Å²) in [7, 11) is 0. The Bertz CT molecular complexity index is 718. The molecule has 2 amide bonds. The highest BCUT2D eigenvalue weighted by atomic mass is 16.6. The lowest BCUT2D eigenvalue weighted by Gasteiger charge is -2.36. The van der Waals surface area contributed by atoms with E-state index in [1.165, 1.54) is 0 Å². The maximum Gasteiger partial charge on any atom is 0.325 e. The first-order valence-electron chi connectivity index (χ1n) is 7.89. The fraction of sp³-hybridized carbons (Fsp3) is 0.643. The van der Waals surface area contributed by atoms with Gasteiger partial charge in [0.05, 0.1) is 18.2 Å². The second kappa shape index (κ2) is 7.78. The zero-order valence-corrected chi connectivity index (χ0v) is 13.8. The van der Waals surface area contributed by atoms with Crippen molar-refractivity contribution in [3.63, 3.8) is 0 Å². The number of H-pyrrole nitrogens is 2. The van der Waals surface area contributed by atoms with Gasteiger partial charge in [0.2, 0.25) is 0 Å². The molecule has 25 heavy (non-hydrogen) atoms. The maximum atomic E-state index is 11.9. The van der Waals surface area contributed by atoms with Crippen molar-refractivity contribution >= 4 is 6.03 Å². The molecular formula is C14H22N4O7. The summed E-state index contributed by atoms with van der Waals surface area (Å²) in [6.07, 6.45) is -4.03. The van der Waals surface area contributed by atoms with Crippen molar-refractivity contribution in [2.24, 2.45) is 5.73 Å². The highest BCUT2D eigenvalue weighted by Gasteiger charge is 2.53. The van der Waals surface area contributed by atoms with E-state index in [0.717, 1.165) is 6.20 Å². The first-order chi connectivity index (χ1) is 11.9. The predicted octanol–water partition coefficient (Wildman–Crippen LogP) is -2.31. The second-order valence-corrected chi connectivity index (χ2v) is 5.44. The quantitative estimate of drug-likeness (QED) is 0.343. The molecule has 11 heteroatoms. The number of hydrogen-bond acceptors (Lipinski definition) is 7. The van der Waals surface area contributed by atoms with Gasteiger partial charge in [-0.15, -0.1) is 0 Å². The molecule has 0 saturated carbocycles. The SMILES string of the molecule is CC.NC(=O)N[C@H]1[C@H]2O[C@@H](c3c[nH]c(=O)[nH]c3=O)[C@H](O)[C@@H]2OC[C@H]1O. The van der Waals surface area contributed by atoms with Crippen LogP contribution in [0.2, 0.25) is 0 Å². The van der Waals surface area contributed by atoms with Crippen molar-refractivity contribution in [2.45, 2.75) is 50.4 Å². The third kappa shape index (κ3) is 3.74. The molecule has 0 spiro atoms.